The van der Waals surface area contributed by atoms with E-state index in [4.69, 9.17) is 0 Å². The number of hydrogen-bond donors (Lipinski definition) is 1. The molecular weight excluding hydrogens is 572 g/mol. The smallest absolute Gasteiger partial charge is 0.304 e. The maximum atomic E-state index is 13.4. The van der Waals surface area contributed by atoms with Crippen LogP contribution in [0.15, 0.2) is 54.6 Å². The van der Waals surface area contributed by atoms with E-state index in [2.05, 4.69) is 179 Å². The van der Waals surface area contributed by atoms with E-state index in [1.165, 1.54) is 33.4 Å². The third-order valence-electron chi connectivity index (χ3n) is 9.89. The lowest BCUT2D eigenvalue weighted by molar-refractivity contribution is -0.137. The van der Waals surface area contributed by atoms with Crippen LogP contribution < -0.4 is 0 Å². The standard InChI is InChI=1S/C45H66O2/c1-39(2,3)29-19-30(40(4,5)6)23-35(22-29)45(28-38(46)47,36-24-31(41(7,8)9)20-32(25-36)42(10,11)12)37-26-33(43(13,14)15)21-34(27-37)44(16,17)18/h19-27H,28H2,1-18H3,(H,46,47). The van der Waals surface area contributed by atoms with Gasteiger partial charge in [-0.25, -0.2) is 0 Å². The molecule has 0 heterocycles. The van der Waals surface area contributed by atoms with Crippen molar-refractivity contribution >= 4 is 5.97 Å². The van der Waals surface area contributed by atoms with Crippen molar-refractivity contribution < 1.29 is 9.90 Å². The number of carboxylic acids is 1. The highest BCUT2D eigenvalue weighted by Crippen LogP contribution is 2.49. The van der Waals surface area contributed by atoms with Crippen LogP contribution in [0, 0.1) is 0 Å². The molecule has 0 aliphatic carbocycles. The van der Waals surface area contributed by atoms with Crippen molar-refractivity contribution in [3.05, 3.63) is 105 Å². The molecule has 0 bridgehead atoms. The first-order valence-corrected chi connectivity index (χ1v) is 17.6. The van der Waals surface area contributed by atoms with Gasteiger partial charge in [0.1, 0.15) is 0 Å². The Morgan fingerprint density at radius 3 is 0.638 bits per heavy atom. The molecule has 0 saturated carbocycles. The van der Waals surface area contributed by atoms with E-state index in [0.29, 0.717) is 0 Å². The summed E-state index contributed by atoms with van der Waals surface area (Å²) >= 11 is 0. The maximum absolute atomic E-state index is 13.4. The van der Waals surface area contributed by atoms with Gasteiger partial charge in [-0.2, -0.15) is 0 Å². The van der Waals surface area contributed by atoms with Gasteiger partial charge < -0.3 is 5.11 Å². The van der Waals surface area contributed by atoms with Crippen molar-refractivity contribution in [1.29, 1.82) is 0 Å². The number of aliphatic carboxylic acids is 1. The third kappa shape index (κ3) is 8.60. The zero-order valence-electron chi connectivity index (χ0n) is 33.3. The van der Waals surface area contributed by atoms with Crippen LogP contribution in [0.3, 0.4) is 0 Å². The van der Waals surface area contributed by atoms with Gasteiger partial charge in [-0.3, -0.25) is 4.79 Å². The Morgan fingerprint density at radius 1 is 0.362 bits per heavy atom. The van der Waals surface area contributed by atoms with Gasteiger partial charge in [0.2, 0.25) is 0 Å². The molecule has 0 aliphatic rings. The average Bonchev–Trinajstić information content (AvgIpc) is 2.88. The molecule has 3 aromatic carbocycles. The fourth-order valence-electron chi connectivity index (χ4n) is 6.25. The van der Waals surface area contributed by atoms with Crippen LogP contribution in [0.1, 0.15) is 181 Å². The lowest BCUT2D eigenvalue weighted by atomic mass is 9.62. The van der Waals surface area contributed by atoms with E-state index in [1.54, 1.807) is 0 Å². The summed E-state index contributed by atoms with van der Waals surface area (Å²) in [6.45, 7) is 40.6. The first kappa shape index (κ1) is 38.6. The Kier molecular flexibility index (Phi) is 10.0. The first-order chi connectivity index (χ1) is 20.9. The molecule has 47 heavy (non-hydrogen) atoms. The quantitative estimate of drug-likeness (QED) is 0.282. The minimum atomic E-state index is -0.949. The van der Waals surface area contributed by atoms with Crippen LogP contribution in [-0.2, 0) is 42.7 Å². The van der Waals surface area contributed by atoms with Crippen molar-refractivity contribution in [2.24, 2.45) is 0 Å². The number of hydrogen-bond acceptors (Lipinski definition) is 1. The minimum Gasteiger partial charge on any atom is -0.481 e. The molecule has 0 saturated heterocycles. The van der Waals surface area contributed by atoms with E-state index in [-0.39, 0.29) is 38.9 Å². The van der Waals surface area contributed by atoms with Crippen molar-refractivity contribution in [1.82, 2.24) is 0 Å². The van der Waals surface area contributed by atoms with Gasteiger partial charge in [-0.1, -0.05) is 179 Å². The van der Waals surface area contributed by atoms with Gasteiger partial charge in [0.25, 0.3) is 0 Å². The average molecular weight is 639 g/mol. The van der Waals surface area contributed by atoms with Crippen molar-refractivity contribution in [2.45, 2.75) is 169 Å². The van der Waals surface area contributed by atoms with E-state index < -0.39 is 11.4 Å². The normalized spacial score (nSPS) is 14.0. The number of rotatable bonds is 5. The molecule has 3 rings (SSSR count). The topological polar surface area (TPSA) is 37.3 Å². The van der Waals surface area contributed by atoms with E-state index >= 15 is 0 Å². The molecule has 0 unspecified atom stereocenters. The lowest BCUT2D eigenvalue weighted by Crippen LogP contribution is -2.35. The second kappa shape index (κ2) is 12.2. The summed E-state index contributed by atoms with van der Waals surface area (Å²) in [4.78, 5) is 13.4. The Hall–Kier alpha value is -2.87. The van der Waals surface area contributed by atoms with Gasteiger partial charge in [-0.05, 0) is 82.6 Å². The van der Waals surface area contributed by atoms with Gasteiger partial charge in [0.05, 0.1) is 11.8 Å². The Bertz CT molecular complexity index is 1330. The second-order valence-electron chi connectivity index (χ2n) is 20.4. The SMILES string of the molecule is CC(C)(C)c1cc(C(C)(C)C)cc(C(CC(=O)O)(c2cc(C(C)(C)C)cc(C(C)(C)C)c2)c2cc(C(C)(C)C)cc(C(C)(C)C)c2)c1. The maximum Gasteiger partial charge on any atom is 0.304 e. The summed E-state index contributed by atoms with van der Waals surface area (Å²) in [6, 6.07) is 20.9. The predicted octanol–water partition coefficient (Wildman–Crippen LogP) is 12.3. The van der Waals surface area contributed by atoms with Crippen LogP contribution in [-0.4, -0.2) is 11.1 Å². The molecule has 2 nitrogen and oxygen atoms in total. The largest absolute Gasteiger partial charge is 0.481 e. The van der Waals surface area contributed by atoms with Gasteiger partial charge in [-0.15, -0.1) is 0 Å². The molecule has 3 aromatic rings. The summed E-state index contributed by atoms with van der Waals surface area (Å²) in [5, 5.41) is 11.0. The van der Waals surface area contributed by atoms with E-state index in [1.807, 2.05) is 0 Å². The molecule has 0 spiro atoms. The molecule has 0 aliphatic heterocycles. The lowest BCUT2D eigenvalue weighted by Gasteiger charge is -2.40. The molecule has 0 amide bonds. The summed E-state index contributed by atoms with van der Waals surface area (Å²) in [7, 11) is 0. The highest BCUT2D eigenvalue weighted by atomic mass is 16.4. The number of benzene rings is 3. The zero-order valence-corrected chi connectivity index (χ0v) is 33.3. The fourth-order valence-corrected chi connectivity index (χ4v) is 6.25. The monoisotopic (exact) mass is 639 g/mol. The second-order valence-corrected chi connectivity index (χ2v) is 20.4. The van der Waals surface area contributed by atoms with Crippen LogP contribution >= 0.6 is 0 Å². The van der Waals surface area contributed by atoms with Crippen molar-refractivity contribution in [3.63, 3.8) is 0 Å². The highest BCUT2D eigenvalue weighted by Gasteiger charge is 2.43. The zero-order chi connectivity index (χ0) is 36.3. The van der Waals surface area contributed by atoms with Crippen LogP contribution in [0.2, 0.25) is 0 Å². The molecule has 2 heteroatoms. The van der Waals surface area contributed by atoms with Crippen LogP contribution in [0.4, 0.5) is 0 Å². The van der Waals surface area contributed by atoms with Crippen molar-refractivity contribution in [2.75, 3.05) is 0 Å². The van der Waals surface area contributed by atoms with Crippen LogP contribution in [0.5, 0.6) is 0 Å². The first-order valence-electron chi connectivity index (χ1n) is 17.6. The molecule has 0 atom stereocenters. The molecule has 0 fully saturated rings. The van der Waals surface area contributed by atoms with Gasteiger partial charge in [0.15, 0.2) is 0 Å². The Morgan fingerprint density at radius 2 is 0.511 bits per heavy atom. The Labute approximate surface area is 288 Å². The van der Waals surface area contributed by atoms with E-state index in [9.17, 15) is 9.90 Å². The molecule has 258 valence electrons. The summed E-state index contributed by atoms with van der Waals surface area (Å²) in [6.07, 6.45) is -0.0570. The van der Waals surface area contributed by atoms with Gasteiger partial charge >= 0.3 is 5.97 Å². The molecular formula is C45H66O2. The Balaban J connectivity index is 2.82. The van der Waals surface area contributed by atoms with Crippen LogP contribution in [0.25, 0.3) is 0 Å². The molecule has 0 aromatic heterocycles. The minimum absolute atomic E-state index is 0.0570. The highest BCUT2D eigenvalue weighted by molar-refractivity contribution is 5.74. The molecule has 0 radical (unpaired) electrons. The summed E-state index contributed by atoms with van der Waals surface area (Å²) in [5.74, 6) is -0.805. The number of carboxylic acid groups (broad SMARTS) is 1. The molecule has 1 N–H and O–H groups in total. The summed E-state index contributed by atoms with van der Waals surface area (Å²) in [5.41, 5.74) is 8.78. The number of carbonyl (C=O) groups is 1. The predicted molar refractivity (Wildman–Crippen MR) is 204 cm³/mol. The fraction of sp³-hybridized carbons (Fsp3) is 0.578. The van der Waals surface area contributed by atoms with Gasteiger partial charge in [0, 0.05) is 0 Å². The van der Waals surface area contributed by atoms with Crippen molar-refractivity contribution in [3.8, 4) is 0 Å². The summed E-state index contributed by atoms with van der Waals surface area (Å²) < 4.78 is 0. The van der Waals surface area contributed by atoms with E-state index in [0.717, 1.165) is 16.7 Å². The third-order valence-corrected chi connectivity index (χ3v) is 9.89.